The van der Waals surface area contributed by atoms with Gasteiger partial charge in [0.05, 0.1) is 12.8 Å². The minimum atomic E-state index is -0.0570. The number of hydrogen-bond acceptors (Lipinski definition) is 4. The van der Waals surface area contributed by atoms with Gasteiger partial charge in [0, 0.05) is 23.5 Å². The fraction of sp³-hybridized carbons (Fsp3) is 0.267. The smallest absolute Gasteiger partial charge is 0.238 e. The van der Waals surface area contributed by atoms with E-state index in [1.807, 2.05) is 24.9 Å². The van der Waals surface area contributed by atoms with Gasteiger partial charge in [-0.15, -0.1) is 0 Å². The van der Waals surface area contributed by atoms with Gasteiger partial charge in [0.2, 0.25) is 5.91 Å². The monoisotopic (exact) mass is 273 g/mol. The van der Waals surface area contributed by atoms with E-state index in [9.17, 15) is 4.79 Å². The Kier molecular flexibility index (Phi) is 4.42. The number of nitrogens with two attached hydrogens (primary N) is 1. The number of likely N-dealkylation sites (N-methyl/N-ethyl adjacent to an activating group) is 1. The van der Waals surface area contributed by atoms with Crippen LogP contribution in [0, 0.1) is 6.92 Å². The molecule has 2 rings (SSSR count). The Labute approximate surface area is 118 Å². The number of amides is 1. The molecule has 0 saturated heterocycles. The van der Waals surface area contributed by atoms with Crippen LogP contribution in [0.2, 0.25) is 0 Å². The van der Waals surface area contributed by atoms with Crippen LogP contribution in [0.1, 0.15) is 11.3 Å². The molecular weight excluding hydrogens is 254 g/mol. The Morgan fingerprint density at radius 2 is 2.00 bits per heavy atom. The highest BCUT2D eigenvalue weighted by Gasteiger charge is 2.10. The van der Waals surface area contributed by atoms with Crippen molar-refractivity contribution in [2.45, 2.75) is 13.5 Å². The number of benzene rings is 1. The molecular formula is C15H19N3O2. The predicted molar refractivity (Wildman–Crippen MR) is 79.3 cm³/mol. The first-order valence-corrected chi connectivity index (χ1v) is 6.41. The van der Waals surface area contributed by atoms with Crippen molar-refractivity contribution >= 4 is 17.3 Å². The predicted octanol–water partition coefficient (Wildman–Crippen LogP) is 2.24. The fourth-order valence-corrected chi connectivity index (χ4v) is 1.93. The van der Waals surface area contributed by atoms with Gasteiger partial charge in [0.1, 0.15) is 5.76 Å². The van der Waals surface area contributed by atoms with Crippen LogP contribution in [0.3, 0.4) is 0 Å². The minimum absolute atomic E-state index is 0.0570. The summed E-state index contributed by atoms with van der Waals surface area (Å²) in [5.74, 6) is 0.828. The second-order valence-corrected chi connectivity index (χ2v) is 4.84. The van der Waals surface area contributed by atoms with E-state index in [-0.39, 0.29) is 5.91 Å². The molecule has 2 aromatic rings. The molecule has 0 atom stereocenters. The Morgan fingerprint density at radius 3 is 2.60 bits per heavy atom. The number of nitrogen functional groups attached to an aromatic ring is 1. The minimum Gasteiger partial charge on any atom is -0.469 e. The summed E-state index contributed by atoms with van der Waals surface area (Å²) >= 11 is 0. The number of furan rings is 1. The van der Waals surface area contributed by atoms with Gasteiger partial charge in [0.15, 0.2) is 0 Å². The highest BCUT2D eigenvalue weighted by Crippen LogP contribution is 2.12. The third-order valence-corrected chi connectivity index (χ3v) is 3.01. The van der Waals surface area contributed by atoms with Crippen LogP contribution >= 0.6 is 0 Å². The molecule has 0 bridgehead atoms. The molecule has 0 aliphatic heterocycles. The highest BCUT2D eigenvalue weighted by molar-refractivity contribution is 5.92. The van der Waals surface area contributed by atoms with Crippen LogP contribution in [0.25, 0.3) is 0 Å². The third-order valence-electron chi connectivity index (χ3n) is 3.01. The molecule has 0 aliphatic rings. The molecule has 5 nitrogen and oxygen atoms in total. The van der Waals surface area contributed by atoms with E-state index in [1.165, 1.54) is 0 Å². The first-order chi connectivity index (χ1) is 9.54. The first-order valence-electron chi connectivity index (χ1n) is 6.41. The molecule has 1 aromatic carbocycles. The van der Waals surface area contributed by atoms with Crippen LogP contribution < -0.4 is 11.1 Å². The normalized spacial score (nSPS) is 10.8. The molecule has 5 heteroatoms. The summed E-state index contributed by atoms with van der Waals surface area (Å²) in [6.45, 7) is 2.91. The van der Waals surface area contributed by atoms with Crippen molar-refractivity contribution in [3.05, 3.63) is 47.9 Å². The summed E-state index contributed by atoms with van der Waals surface area (Å²) in [6.07, 6.45) is 1.66. The molecule has 106 valence electrons. The Morgan fingerprint density at radius 1 is 1.30 bits per heavy atom. The largest absolute Gasteiger partial charge is 0.469 e. The van der Waals surface area contributed by atoms with E-state index in [1.54, 1.807) is 30.5 Å². The summed E-state index contributed by atoms with van der Waals surface area (Å²) < 4.78 is 5.24. The maximum Gasteiger partial charge on any atom is 0.238 e. The lowest BCUT2D eigenvalue weighted by Gasteiger charge is -2.15. The van der Waals surface area contributed by atoms with Crippen molar-refractivity contribution in [1.82, 2.24) is 4.90 Å². The van der Waals surface area contributed by atoms with E-state index in [0.717, 1.165) is 17.0 Å². The zero-order valence-electron chi connectivity index (χ0n) is 11.7. The van der Waals surface area contributed by atoms with E-state index >= 15 is 0 Å². The summed E-state index contributed by atoms with van der Waals surface area (Å²) in [7, 11) is 1.90. The number of hydrogen-bond donors (Lipinski definition) is 2. The van der Waals surface area contributed by atoms with E-state index in [0.29, 0.717) is 18.8 Å². The third kappa shape index (κ3) is 3.86. The van der Waals surface area contributed by atoms with Crippen molar-refractivity contribution in [2.24, 2.45) is 0 Å². The lowest BCUT2D eigenvalue weighted by molar-refractivity contribution is -0.117. The second kappa shape index (κ2) is 6.25. The Balaban J connectivity index is 1.85. The van der Waals surface area contributed by atoms with Gasteiger partial charge in [-0.2, -0.15) is 0 Å². The molecule has 0 radical (unpaired) electrons. The number of carbonyl (C=O) groups excluding carboxylic acids is 1. The summed E-state index contributed by atoms with van der Waals surface area (Å²) in [5, 5.41) is 2.83. The topological polar surface area (TPSA) is 71.5 Å². The van der Waals surface area contributed by atoms with Gasteiger partial charge in [0.25, 0.3) is 0 Å². The van der Waals surface area contributed by atoms with Crippen molar-refractivity contribution in [3.63, 3.8) is 0 Å². The molecule has 0 aliphatic carbocycles. The quantitative estimate of drug-likeness (QED) is 0.820. The Bertz CT molecular complexity index is 575. The highest BCUT2D eigenvalue weighted by atomic mass is 16.3. The summed E-state index contributed by atoms with van der Waals surface area (Å²) in [6, 6.07) is 9.01. The maximum absolute atomic E-state index is 11.9. The van der Waals surface area contributed by atoms with Crippen LogP contribution in [-0.2, 0) is 11.3 Å². The van der Waals surface area contributed by atoms with E-state index in [2.05, 4.69) is 5.32 Å². The van der Waals surface area contributed by atoms with Crippen LogP contribution in [0.15, 0.2) is 41.0 Å². The van der Waals surface area contributed by atoms with Crippen molar-refractivity contribution < 1.29 is 9.21 Å². The molecule has 1 heterocycles. The van der Waals surface area contributed by atoms with E-state index < -0.39 is 0 Å². The summed E-state index contributed by atoms with van der Waals surface area (Å²) in [5.41, 5.74) is 8.11. The van der Waals surface area contributed by atoms with Gasteiger partial charge >= 0.3 is 0 Å². The maximum atomic E-state index is 11.9. The van der Waals surface area contributed by atoms with Crippen molar-refractivity contribution in [3.8, 4) is 0 Å². The molecule has 1 amide bonds. The van der Waals surface area contributed by atoms with Crippen molar-refractivity contribution in [1.29, 1.82) is 0 Å². The molecule has 20 heavy (non-hydrogen) atoms. The summed E-state index contributed by atoms with van der Waals surface area (Å²) in [4.78, 5) is 13.8. The average Bonchev–Trinajstić information content (AvgIpc) is 2.77. The van der Waals surface area contributed by atoms with E-state index in [4.69, 9.17) is 10.2 Å². The molecule has 0 unspecified atom stereocenters. The Hall–Kier alpha value is -2.27. The average molecular weight is 273 g/mol. The van der Waals surface area contributed by atoms with Gasteiger partial charge in [-0.25, -0.2) is 0 Å². The van der Waals surface area contributed by atoms with Gasteiger partial charge < -0.3 is 15.5 Å². The zero-order valence-corrected chi connectivity index (χ0v) is 11.7. The van der Waals surface area contributed by atoms with Crippen molar-refractivity contribution in [2.75, 3.05) is 24.6 Å². The number of anilines is 2. The SMILES string of the molecule is Cc1occc1CN(C)CC(=O)Nc1ccc(N)cc1. The zero-order chi connectivity index (χ0) is 14.5. The van der Waals surface area contributed by atoms with Gasteiger partial charge in [-0.05, 0) is 44.3 Å². The molecule has 0 spiro atoms. The van der Waals surface area contributed by atoms with Crippen LogP contribution in [0.5, 0.6) is 0 Å². The number of nitrogens with one attached hydrogen (secondary N) is 1. The number of rotatable bonds is 5. The van der Waals surface area contributed by atoms with Gasteiger partial charge in [-0.1, -0.05) is 0 Å². The van der Waals surface area contributed by atoms with Gasteiger partial charge in [-0.3, -0.25) is 9.69 Å². The lowest BCUT2D eigenvalue weighted by atomic mass is 10.2. The molecule has 1 aromatic heterocycles. The number of carbonyl (C=O) groups is 1. The fourth-order valence-electron chi connectivity index (χ4n) is 1.93. The molecule has 3 N–H and O–H groups in total. The van der Waals surface area contributed by atoms with Crippen LogP contribution in [-0.4, -0.2) is 24.4 Å². The standard InChI is InChI=1S/C15H19N3O2/c1-11-12(7-8-20-11)9-18(2)10-15(19)17-14-5-3-13(16)4-6-14/h3-8H,9-10,16H2,1-2H3,(H,17,19). The number of nitrogens with zero attached hydrogens (tertiary/aromatic N) is 1. The first kappa shape index (κ1) is 14.1. The number of aryl methyl sites for hydroxylation is 1. The second-order valence-electron chi connectivity index (χ2n) is 4.84. The molecule has 0 fully saturated rings. The lowest BCUT2D eigenvalue weighted by Crippen LogP contribution is -2.29. The van der Waals surface area contributed by atoms with Crippen LogP contribution in [0.4, 0.5) is 11.4 Å². The molecule has 0 saturated carbocycles.